The number of hydrogen-bond donors (Lipinski definition) is 1. The molecule has 1 N–H and O–H groups in total. The van der Waals surface area contributed by atoms with Gasteiger partial charge in [0.05, 0.1) is 6.54 Å². The zero-order valence-corrected chi connectivity index (χ0v) is 13.9. The summed E-state index contributed by atoms with van der Waals surface area (Å²) in [6.45, 7) is 0.392. The Labute approximate surface area is 138 Å². The fourth-order valence-corrected chi connectivity index (χ4v) is 3.41. The van der Waals surface area contributed by atoms with Crippen molar-refractivity contribution in [1.29, 1.82) is 0 Å². The molecule has 3 aromatic rings. The first-order valence-corrected chi connectivity index (χ1v) is 8.56. The van der Waals surface area contributed by atoms with Gasteiger partial charge in [0.2, 0.25) is 4.96 Å². The summed E-state index contributed by atoms with van der Waals surface area (Å²) in [6, 6.07) is 7.30. The fraction of sp³-hybridized carbons (Fsp3) is 0.286. The van der Waals surface area contributed by atoms with Gasteiger partial charge in [0, 0.05) is 16.0 Å². The lowest BCUT2D eigenvalue weighted by atomic mass is 10.2. The zero-order valence-electron chi connectivity index (χ0n) is 11.5. The van der Waals surface area contributed by atoms with E-state index in [1.54, 1.807) is 12.1 Å². The minimum absolute atomic E-state index is 0.116. The molecule has 1 aromatic carbocycles. The number of fused-ring (bicyclic) bond motifs is 1. The van der Waals surface area contributed by atoms with Crippen LogP contribution in [0.3, 0.4) is 0 Å². The van der Waals surface area contributed by atoms with Gasteiger partial charge >= 0.3 is 0 Å². The van der Waals surface area contributed by atoms with Gasteiger partial charge in [-0.2, -0.15) is 9.61 Å². The monoisotopic (exact) mass is 377 g/mol. The van der Waals surface area contributed by atoms with E-state index in [1.165, 1.54) is 11.3 Å². The molecule has 0 unspecified atom stereocenters. The number of aromatic nitrogens is 4. The normalized spacial score (nSPS) is 14.4. The number of hydrogen-bond acceptors (Lipinski definition) is 5. The third-order valence-corrected chi connectivity index (χ3v) is 4.88. The Bertz CT molecular complexity index is 854. The lowest BCUT2D eigenvalue weighted by Gasteiger charge is -2.03. The highest BCUT2D eigenvalue weighted by Crippen LogP contribution is 2.39. The average molecular weight is 378 g/mol. The van der Waals surface area contributed by atoms with Crippen LogP contribution in [-0.2, 0) is 6.54 Å². The van der Waals surface area contributed by atoms with Gasteiger partial charge in [0.25, 0.3) is 5.91 Å². The molecule has 1 saturated carbocycles. The molecule has 0 spiro atoms. The fourth-order valence-electron chi connectivity index (χ4n) is 2.23. The topological polar surface area (TPSA) is 72.2 Å². The van der Waals surface area contributed by atoms with Crippen LogP contribution in [0.2, 0.25) is 0 Å². The number of nitrogens with zero attached hydrogens (tertiary/aromatic N) is 4. The van der Waals surface area contributed by atoms with Crippen molar-refractivity contribution in [3.05, 3.63) is 45.1 Å². The van der Waals surface area contributed by atoms with E-state index in [1.807, 2.05) is 16.6 Å². The maximum absolute atomic E-state index is 12.1. The van der Waals surface area contributed by atoms with Gasteiger partial charge in [-0.15, -0.1) is 10.2 Å². The van der Waals surface area contributed by atoms with Crippen LogP contribution in [0.4, 0.5) is 0 Å². The van der Waals surface area contributed by atoms with Crippen molar-refractivity contribution < 1.29 is 4.79 Å². The van der Waals surface area contributed by atoms with Crippen LogP contribution < -0.4 is 5.32 Å². The molecule has 0 bridgehead atoms. The van der Waals surface area contributed by atoms with Crippen molar-refractivity contribution in [2.24, 2.45) is 0 Å². The van der Waals surface area contributed by atoms with Crippen LogP contribution in [0.5, 0.6) is 0 Å². The molecule has 8 heteroatoms. The number of rotatable bonds is 4. The summed E-state index contributed by atoms with van der Waals surface area (Å²) in [5.74, 6) is 1.33. The Kier molecular flexibility index (Phi) is 3.42. The van der Waals surface area contributed by atoms with Gasteiger partial charge in [0.15, 0.2) is 5.82 Å². The van der Waals surface area contributed by atoms with E-state index in [0.717, 1.165) is 33.1 Å². The summed E-state index contributed by atoms with van der Waals surface area (Å²) in [6.07, 6.45) is 2.32. The van der Waals surface area contributed by atoms with E-state index in [9.17, 15) is 4.79 Å². The number of halogens is 1. The van der Waals surface area contributed by atoms with Gasteiger partial charge in [-0.3, -0.25) is 4.79 Å². The van der Waals surface area contributed by atoms with Crippen LogP contribution in [0, 0.1) is 0 Å². The minimum Gasteiger partial charge on any atom is -0.345 e. The number of amides is 1. The predicted octanol–water partition coefficient (Wildman–Crippen LogP) is 2.76. The van der Waals surface area contributed by atoms with Crippen LogP contribution in [0.15, 0.2) is 28.7 Å². The molecule has 1 aliphatic carbocycles. The van der Waals surface area contributed by atoms with E-state index in [0.29, 0.717) is 18.0 Å². The molecule has 0 saturated heterocycles. The first-order chi connectivity index (χ1) is 10.7. The van der Waals surface area contributed by atoms with Gasteiger partial charge in [-0.05, 0) is 31.0 Å². The Balaban J connectivity index is 1.48. The van der Waals surface area contributed by atoms with Gasteiger partial charge in [-0.1, -0.05) is 33.3 Å². The van der Waals surface area contributed by atoms with Crippen LogP contribution in [0.25, 0.3) is 4.96 Å². The van der Waals surface area contributed by atoms with Crippen molar-refractivity contribution in [2.75, 3.05) is 0 Å². The summed E-state index contributed by atoms with van der Waals surface area (Å²) in [5.41, 5.74) is 0.621. The molecule has 6 nitrogen and oxygen atoms in total. The number of carbonyl (C=O) groups is 1. The highest BCUT2D eigenvalue weighted by Gasteiger charge is 2.30. The molecule has 0 aliphatic heterocycles. The number of carbonyl (C=O) groups excluding carboxylic acids is 1. The van der Waals surface area contributed by atoms with Gasteiger partial charge in [-0.25, -0.2) is 0 Å². The summed E-state index contributed by atoms with van der Waals surface area (Å²) in [4.78, 5) is 12.9. The molecule has 0 radical (unpaired) electrons. The molecule has 1 amide bonds. The molecule has 0 atom stereocenters. The SMILES string of the molecule is O=C(NCc1nn2c(C3CC3)nnc2s1)c1cccc(Br)c1. The lowest BCUT2D eigenvalue weighted by molar-refractivity contribution is 0.0950. The largest absolute Gasteiger partial charge is 0.345 e. The van der Waals surface area contributed by atoms with E-state index < -0.39 is 0 Å². The van der Waals surface area contributed by atoms with Crippen LogP contribution >= 0.6 is 27.3 Å². The Hall–Kier alpha value is -1.80. The summed E-state index contributed by atoms with van der Waals surface area (Å²) >= 11 is 4.82. The van der Waals surface area contributed by atoms with E-state index in [4.69, 9.17) is 0 Å². The van der Waals surface area contributed by atoms with Gasteiger partial charge in [0.1, 0.15) is 5.01 Å². The molecule has 112 valence electrons. The van der Waals surface area contributed by atoms with Crippen LogP contribution in [0.1, 0.15) is 39.9 Å². The van der Waals surface area contributed by atoms with Crippen molar-refractivity contribution in [1.82, 2.24) is 25.1 Å². The second-order valence-corrected chi connectivity index (χ2v) is 7.17. The van der Waals surface area contributed by atoms with Crippen molar-refractivity contribution in [3.8, 4) is 0 Å². The quantitative estimate of drug-likeness (QED) is 0.758. The predicted molar refractivity (Wildman–Crippen MR) is 85.9 cm³/mol. The standard InChI is InChI=1S/C14H12BrN5OS/c15-10-3-1-2-9(6-10)13(21)16-7-11-19-20-12(8-4-5-8)17-18-14(20)22-11/h1-3,6,8H,4-5,7H2,(H,16,21). The molecule has 22 heavy (non-hydrogen) atoms. The Morgan fingerprint density at radius 1 is 1.41 bits per heavy atom. The summed E-state index contributed by atoms with van der Waals surface area (Å²) < 4.78 is 2.69. The summed E-state index contributed by atoms with van der Waals surface area (Å²) in [7, 11) is 0. The minimum atomic E-state index is -0.116. The highest BCUT2D eigenvalue weighted by atomic mass is 79.9. The third kappa shape index (κ3) is 2.64. The van der Waals surface area contributed by atoms with Crippen molar-refractivity contribution >= 4 is 38.1 Å². The average Bonchev–Trinajstić information content (AvgIpc) is 3.15. The van der Waals surface area contributed by atoms with Crippen molar-refractivity contribution in [3.63, 3.8) is 0 Å². The zero-order chi connectivity index (χ0) is 15.1. The molecule has 1 fully saturated rings. The second-order valence-electron chi connectivity index (χ2n) is 5.22. The highest BCUT2D eigenvalue weighted by molar-refractivity contribution is 9.10. The number of nitrogens with one attached hydrogen (secondary N) is 1. The Morgan fingerprint density at radius 3 is 3.05 bits per heavy atom. The molecular formula is C14H12BrN5OS. The van der Waals surface area contributed by atoms with E-state index in [2.05, 4.69) is 36.5 Å². The molecule has 4 rings (SSSR count). The smallest absolute Gasteiger partial charge is 0.251 e. The molecule has 1 aliphatic rings. The molecule has 2 aromatic heterocycles. The first-order valence-electron chi connectivity index (χ1n) is 6.95. The second kappa shape index (κ2) is 5.44. The first kappa shape index (κ1) is 13.8. The summed E-state index contributed by atoms with van der Waals surface area (Å²) in [5, 5.41) is 16.5. The lowest BCUT2D eigenvalue weighted by Crippen LogP contribution is -2.22. The number of benzene rings is 1. The van der Waals surface area contributed by atoms with E-state index in [-0.39, 0.29) is 5.91 Å². The maximum atomic E-state index is 12.1. The van der Waals surface area contributed by atoms with Crippen LogP contribution in [-0.4, -0.2) is 25.7 Å². The Morgan fingerprint density at radius 2 is 2.27 bits per heavy atom. The third-order valence-electron chi connectivity index (χ3n) is 3.49. The van der Waals surface area contributed by atoms with Gasteiger partial charge < -0.3 is 5.32 Å². The van der Waals surface area contributed by atoms with Crippen molar-refractivity contribution in [2.45, 2.75) is 25.3 Å². The maximum Gasteiger partial charge on any atom is 0.251 e. The molecular weight excluding hydrogens is 366 g/mol. The van der Waals surface area contributed by atoms with E-state index >= 15 is 0 Å². The molecule has 2 heterocycles.